The number of hydrogen-bond acceptors (Lipinski definition) is 8. The van der Waals surface area contributed by atoms with Gasteiger partial charge in [0.25, 0.3) is 0 Å². The van der Waals surface area contributed by atoms with Crippen LogP contribution in [0.2, 0.25) is 0 Å². The number of aromatic nitrogens is 3. The molecule has 9 heteroatoms. The van der Waals surface area contributed by atoms with Crippen molar-refractivity contribution in [1.82, 2.24) is 15.2 Å². The molecule has 1 aromatic carbocycles. The summed E-state index contributed by atoms with van der Waals surface area (Å²) in [6.45, 7) is 2.02. The van der Waals surface area contributed by atoms with Gasteiger partial charge < -0.3 is 9.47 Å². The third-order valence-electron chi connectivity index (χ3n) is 2.87. The number of benzene rings is 1. The summed E-state index contributed by atoms with van der Waals surface area (Å²) in [6, 6.07) is 3.28. The fourth-order valence-electron chi connectivity index (χ4n) is 1.88. The van der Waals surface area contributed by atoms with Gasteiger partial charge in [0, 0.05) is 6.07 Å². The molecule has 0 radical (unpaired) electrons. The van der Waals surface area contributed by atoms with Crippen molar-refractivity contribution in [1.29, 1.82) is 0 Å². The van der Waals surface area contributed by atoms with Crippen LogP contribution in [0.3, 0.4) is 0 Å². The second-order valence-corrected chi connectivity index (χ2v) is 5.31. The number of thioether (sulfide) groups is 1. The monoisotopic (exact) mass is 326 g/mol. The minimum absolute atomic E-state index is 0.351. The lowest BCUT2D eigenvalue weighted by Gasteiger charge is -2.18. The molecule has 0 fully saturated rings. The van der Waals surface area contributed by atoms with Gasteiger partial charge in [-0.05, 0) is 11.8 Å². The molecule has 0 amide bonds. The number of methoxy groups -OCH3 is 2. The van der Waals surface area contributed by atoms with Crippen LogP contribution in [0.1, 0.15) is 6.92 Å². The number of rotatable bonds is 7. The van der Waals surface area contributed by atoms with E-state index in [2.05, 4.69) is 15.2 Å². The molecule has 0 spiro atoms. The quantitative estimate of drug-likeness (QED) is 0.592. The van der Waals surface area contributed by atoms with E-state index in [1.165, 1.54) is 33.1 Å². The molecule has 0 aliphatic heterocycles. The van der Waals surface area contributed by atoms with Crippen LogP contribution in [0.5, 0.6) is 11.5 Å². The Hall–Kier alpha value is -1.97. The average molecular weight is 326 g/mol. The van der Waals surface area contributed by atoms with Gasteiger partial charge in [0.15, 0.2) is 17.3 Å². The van der Waals surface area contributed by atoms with Crippen molar-refractivity contribution >= 4 is 17.4 Å². The first-order valence-corrected chi connectivity index (χ1v) is 7.47. The third kappa shape index (κ3) is 3.26. The van der Waals surface area contributed by atoms with Gasteiger partial charge in [-0.3, -0.25) is 15.1 Å². The fourth-order valence-corrected chi connectivity index (χ4v) is 2.40. The van der Waals surface area contributed by atoms with E-state index in [0.717, 1.165) is 5.75 Å². The van der Waals surface area contributed by atoms with Gasteiger partial charge in [-0.1, -0.05) is 18.7 Å². The van der Waals surface area contributed by atoms with Gasteiger partial charge in [0.05, 0.1) is 26.9 Å². The molecule has 2 N–H and O–H groups in total. The predicted molar refractivity (Wildman–Crippen MR) is 82.6 cm³/mol. The fraction of sp³-hybridized carbons (Fsp3) is 0.385. The summed E-state index contributed by atoms with van der Waals surface area (Å²) in [5.74, 6) is 2.31. The highest BCUT2D eigenvalue weighted by Gasteiger charge is 2.19. The average Bonchev–Trinajstić information content (AvgIpc) is 3.01. The predicted octanol–water partition coefficient (Wildman–Crippen LogP) is 2.36. The van der Waals surface area contributed by atoms with E-state index in [1.54, 1.807) is 12.1 Å². The highest BCUT2D eigenvalue weighted by Crippen LogP contribution is 2.39. The minimum Gasteiger partial charge on any atom is -0.493 e. The summed E-state index contributed by atoms with van der Waals surface area (Å²) >= 11 is 1.51. The van der Waals surface area contributed by atoms with Gasteiger partial charge in [-0.15, -0.1) is 10.3 Å². The van der Waals surface area contributed by atoms with Crippen molar-refractivity contribution in [3.63, 3.8) is 0 Å². The molecule has 0 aliphatic carbocycles. The van der Waals surface area contributed by atoms with Crippen LogP contribution < -0.4 is 14.7 Å². The maximum Gasteiger partial charge on any atom is 0.208 e. The first kappa shape index (κ1) is 16.4. The van der Waals surface area contributed by atoms with Crippen LogP contribution in [-0.2, 0) is 4.84 Å². The van der Waals surface area contributed by atoms with Crippen LogP contribution in [-0.4, -0.2) is 47.5 Å². The van der Waals surface area contributed by atoms with E-state index in [1.807, 2.05) is 6.92 Å². The second-order valence-electron chi connectivity index (χ2n) is 4.08. The smallest absolute Gasteiger partial charge is 0.208 e. The topological polar surface area (TPSA) is 92.7 Å². The lowest BCUT2D eigenvalue weighted by molar-refractivity contribution is -0.0108. The van der Waals surface area contributed by atoms with Crippen LogP contribution in [0.4, 0.5) is 5.69 Å². The molecule has 22 heavy (non-hydrogen) atoms. The molecule has 8 nitrogen and oxygen atoms in total. The summed E-state index contributed by atoms with van der Waals surface area (Å²) in [5, 5.41) is 18.1. The normalized spacial score (nSPS) is 10.6. The summed E-state index contributed by atoms with van der Waals surface area (Å²) in [4.78, 5) is 9.24. The Morgan fingerprint density at radius 1 is 1.23 bits per heavy atom. The molecule has 0 saturated heterocycles. The van der Waals surface area contributed by atoms with Gasteiger partial charge in [0.1, 0.15) is 5.69 Å². The Balaban J connectivity index is 2.55. The molecule has 1 aromatic heterocycles. The summed E-state index contributed by atoms with van der Waals surface area (Å²) < 4.78 is 10.5. The zero-order valence-corrected chi connectivity index (χ0v) is 13.6. The molecule has 2 rings (SSSR count). The second kappa shape index (κ2) is 7.34. The van der Waals surface area contributed by atoms with Crippen molar-refractivity contribution in [2.75, 3.05) is 32.3 Å². The van der Waals surface area contributed by atoms with E-state index in [9.17, 15) is 5.21 Å². The molecular formula is C13H18N4O4S. The number of H-pyrrole nitrogens is 1. The molecule has 0 bridgehead atoms. The molecule has 0 aliphatic rings. The number of aromatic amines is 1. The van der Waals surface area contributed by atoms with Crippen molar-refractivity contribution in [2.24, 2.45) is 0 Å². The number of nitrogens with zero attached hydrogens (tertiary/aromatic N) is 3. The molecular weight excluding hydrogens is 308 g/mol. The van der Waals surface area contributed by atoms with Crippen molar-refractivity contribution in [3.8, 4) is 22.9 Å². The van der Waals surface area contributed by atoms with E-state index in [0.29, 0.717) is 39.0 Å². The molecule has 120 valence electrons. The maximum absolute atomic E-state index is 9.91. The molecule has 1 heterocycles. The van der Waals surface area contributed by atoms with Crippen LogP contribution in [0.25, 0.3) is 11.4 Å². The number of nitrogens with one attached hydrogen (secondary N) is 1. The van der Waals surface area contributed by atoms with Crippen LogP contribution >= 0.6 is 11.8 Å². The van der Waals surface area contributed by atoms with Crippen molar-refractivity contribution in [2.45, 2.75) is 12.1 Å². The number of anilines is 1. The summed E-state index contributed by atoms with van der Waals surface area (Å²) in [5.41, 5.74) is 0.918. The van der Waals surface area contributed by atoms with Crippen LogP contribution in [0, 0.1) is 0 Å². The van der Waals surface area contributed by atoms with Crippen molar-refractivity contribution in [3.05, 3.63) is 12.1 Å². The SMILES string of the molecule is CCSc1n[nH]c(-c2cc(OC)c(OC)cc2N(O)OC)n1. The minimum atomic E-state index is 0.351. The van der Waals surface area contributed by atoms with E-state index in [-0.39, 0.29) is 0 Å². The molecule has 0 atom stereocenters. The first-order chi connectivity index (χ1) is 10.6. The molecule has 0 unspecified atom stereocenters. The van der Waals surface area contributed by atoms with Gasteiger partial charge in [-0.2, -0.15) is 0 Å². The molecule has 2 aromatic rings. The maximum atomic E-state index is 9.91. The Morgan fingerprint density at radius 3 is 2.50 bits per heavy atom. The highest BCUT2D eigenvalue weighted by molar-refractivity contribution is 7.99. The Bertz CT molecular complexity index is 634. The lowest BCUT2D eigenvalue weighted by Crippen LogP contribution is -2.17. The van der Waals surface area contributed by atoms with Crippen LogP contribution in [0.15, 0.2) is 17.3 Å². The van der Waals surface area contributed by atoms with E-state index < -0.39 is 0 Å². The largest absolute Gasteiger partial charge is 0.493 e. The van der Waals surface area contributed by atoms with Gasteiger partial charge >= 0.3 is 0 Å². The highest BCUT2D eigenvalue weighted by atomic mass is 32.2. The van der Waals surface area contributed by atoms with E-state index >= 15 is 0 Å². The lowest BCUT2D eigenvalue weighted by atomic mass is 10.1. The Kier molecular flexibility index (Phi) is 5.47. The van der Waals surface area contributed by atoms with E-state index in [4.69, 9.17) is 14.3 Å². The summed E-state index contributed by atoms with van der Waals surface area (Å²) in [7, 11) is 4.40. The Labute approximate surface area is 132 Å². The Morgan fingerprint density at radius 2 is 1.91 bits per heavy atom. The molecule has 0 saturated carbocycles. The van der Waals surface area contributed by atoms with Gasteiger partial charge in [0.2, 0.25) is 5.16 Å². The standard InChI is InChI=1S/C13H18N4O4S/c1-5-22-13-14-12(15-16-13)8-6-10(19-2)11(20-3)7-9(8)17(18)21-4/h6-7,18H,5H2,1-4H3,(H,14,15,16). The van der Waals surface area contributed by atoms with Crippen molar-refractivity contribution < 1.29 is 19.5 Å². The van der Waals surface area contributed by atoms with Gasteiger partial charge in [-0.25, -0.2) is 4.98 Å². The number of hydrogen-bond donors (Lipinski definition) is 2. The summed E-state index contributed by atoms with van der Waals surface area (Å²) in [6.07, 6.45) is 0. The third-order valence-corrected chi connectivity index (χ3v) is 3.60. The zero-order valence-electron chi connectivity index (χ0n) is 12.8. The first-order valence-electron chi connectivity index (χ1n) is 6.49. The zero-order chi connectivity index (χ0) is 16.1. The number of ether oxygens (including phenoxy) is 2.